The SMILES string of the molecule is CCCNC(CCOCC)c1c(C)cc(C)cc1F. The third kappa shape index (κ3) is 4.92. The molecule has 0 aliphatic carbocycles. The van der Waals surface area contributed by atoms with Crippen LogP contribution in [0.2, 0.25) is 0 Å². The summed E-state index contributed by atoms with van der Waals surface area (Å²) in [5.74, 6) is -0.109. The first kappa shape index (κ1) is 16.1. The molecule has 108 valence electrons. The van der Waals surface area contributed by atoms with E-state index in [2.05, 4.69) is 12.2 Å². The second-order valence-electron chi connectivity index (χ2n) is 4.97. The van der Waals surface area contributed by atoms with Gasteiger partial charge in [0.05, 0.1) is 0 Å². The Kier molecular flexibility index (Phi) is 7.03. The predicted octanol–water partition coefficient (Wildman–Crippen LogP) is 3.91. The zero-order valence-corrected chi connectivity index (χ0v) is 12.6. The Balaban J connectivity index is 2.89. The summed E-state index contributed by atoms with van der Waals surface area (Å²) in [5, 5.41) is 3.43. The smallest absolute Gasteiger partial charge is 0.128 e. The summed E-state index contributed by atoms with van der Waals surface area (Å²) in [6, 6.07) is 3.69. The van der Waals surface area contributed by atoms with Gasteiger partial charge in [0, 0.05) is 24.8 Å². The molecule has 1 unspecified atom stereocenters. The van der Waals surface area contributed by atoms with Crippen LogP contribution in [0.5, 0.6) is 0 Å². The normalized spacial score (nSPS) is 12.7. The van der Waals surface area contributed by atoms with E-state index >= 15 is 0 Å². The maximum Gasteiger partial charge on any atom is 0.128 e. The average Bonchev–Trinajstić information content (AvgIpc) is 2.34. The summed E-state index contributed by atoms with van der Waals surface area (Å²) < 4.78 is 19.6. The molecule has 0 bridgehead atoms. The summed E-state index contributed by atoms with van der Waals surface area (Å²) in [7, 11) is 0. The van der Waals surface area contributed by atoms with Crippen molar-refractivity contribution in [3.05, 3.63) is 34.6 Å². The van der Waals surface area contributed by atoms with Gasteiger partial charge in [0.15, 0.2) is 0 Å². The Labute approximate surface area is 116 Å². The standard InChI is InChI=1S/C16H26FNO/c1-5-8-18-15(7-9-19-6-2)16-13(4)10-12(3)11-14(16)17/h10-11,15,18H,5-9H2,1-4H3. The van der Waals surface area contributed by atoms with Crippen LogP contribution in [0.25, 0.3) is 0 Å². The molecule has 0 radical (unpaired) electrons. The van der Waals surface area contributed by atoms with Gasteiger partial charge in [-0.3, -0.25) is 0 Å². The Morgan fingerprint density at radius 2 is 2.00 bits per heavy atom. The van der Waals surface area contributed by atoms with E-state index in [0.29, 0.717) is 13.2 Å². The maximum atomic E-state index is 14.2. The molecule has 3 heteroatoms. The lowest BCUT2D eigenvalue weighted by Gasteiger charge is -2.22. The van der Waals surface area contributed by atoms with Crippen molar-refractivity contribution in [3.63, 3.8) is 0 Å². The Bertz CT molecular complexity index is 369. The largest absolute Gasteiger partial charge is 0.382 e. The van der Waals surface area contributed by atoms with Crippen LogP contribution in [0.3, 0.4) is 0 Å². The zero-order chi connectivity index (χ0) is 14.3. The molecular weight excluding hydrogens is 241 g/mol. The number of hydrogen-bond acceptors (Lipinski definition) is 2. The molecule has 1 rings (SSSR count). The van der Waals surface area contributed by atoms with Crippen molar-refractivity contribution in [3.8, 4) is 0 Å². The van der Waals surface area contributed by atoms with Gasteiger partial charge in [-0.1, -0.05) is 13.0 Å². The molecule has 0 saturated carbocycles. The Morgan fingerprint density at radius 3 is 2.58 bits per heavy atom. The maximum absolute atomic E-state index is 14.2. The molecule has 19 heavy (non-hydrogen) atoms. The highest BCUT2D eigenvalue weighted by Crippen LogP contribution is 2.25. The van der Waals surface area contributed by atoms with E-state index in [-0.39, 0.29) is 11.9 Å². The molecular formula is C16H26FNO. The molecule has 1 aromatic carbocycles. The number of nitrogens with one attached hydrogen (secondary N) is 1. The van der Waals surface area contributed by atoms with Crippen LogP contribution in [-0.2, 0) is 4.74 Å². The summed E-state index contributed by atoms with van der Waals surface area (Å²) >= 11 is 0. The number of halogens is 1. The van der Waals surface area contributed by atoms with Gasteiger partial charge in [-0.05, 0) is 57.4 Å². The van der Waals surface area contributed by atoms with Crippen LogP contribution in [0.15, 0.2) is 12.1 Å². The first-order valence-electron chi connectivity index (χ1n) is 7.17. The molecule has 0 spiro atoms. The molecule has 2 nitrogen and oxygen atoms in total. The highest BCUT2D eigenvalue weighted by molar-refractivity contribution is 5.34. The molecule has 0 aromatic heterocycles. The molecule has 0 saturated heterocycles. The molecule has 0 fully saturated rings. The number of benzene rings is 1. The van der Waals surface area contributed by atoms with Gasteiger partial charge in [0.1, 0.15) is 5.82 Å². The third-order valence-corrected chi connectivity index (χ3v) is 3.22. The lowest BCUT2D eigenvalue weighted by atomic mass is 9.96. The second-order valence-corrected chi connectivity index (χ2v) is 4.97. The molecule has 1 aromatic rings. The highest BCUT2D eigenvalue weighted by Gasteiger charge is 2.17. The minimum Gasteiger partial charge on any atom is -0.382 e. The molecule has 0 aliphatic heterocycles. The Morgan fingerprint density at radius 1 is 1.26 bits per heavy atom. The van der Waals surface area contributed by atoms with Crippen molar-refractivity contribution in [1.82, 2.24) is 5.32 Å². The van der Waals surface area contributed by atoms with Gasteiger partial charge >= 0.3 is 0 Å². The van der Waals surface area contributed by atoms with Crippen LogP contribution < -0.4 is 5.32 Å². The van der Waals surface area contributed by atoms with Gasteiger partial charge in [0.2, 0.25) is 0 Å². The molecule has 1 N–H and O–H groups in total. The van der Waals surface area contributed by atoms with Crippen LogP contribution in [-0.4, -0.2) is 19.8 Å². The third-order valence-electron chi connectivity index (χ3n) is 3.22. The van der Waals surface area contributed by atoms with E-state index < -0.39 is 0 Å². The minimum absolute atomic E-state index is 0.0344. The summed E-state index contributed by atoms with van der Waals surface area (Å²) in [6.07, 6.45) is 1.84. The van der Waals surface area contributed by atoms with Crippen molar-refractivity contribution >= 4 is 0 Å². The van der Waals surface area contributed by atoms with Crippen molar-refractivity contribution in [2.45, 2.75) is 46.6 Å². The fourth-order valence-electron chi connectivity index (χ4n) is 2.38. The van der Waals surface area contributed by atoms with E-state index in [1.165, 1.54) is 0 Å². The van der Waals surface area contributed by atoms with Crippen LogP contribution in [0.1, 0.15) is 49.4 Å². The number of aryl methyl sites for hydroxylation is 2. The second kappa shape index (κ2) is 8.28. The van der Waals surface area contributed by atoms with Crippen molar-refractivity contribution in [2.24, 2.45) is 0 Å². The van der Waals surface area contributed by atoms with Gasteiger partial charge in [-0.2, -0.15) is 0 Å². The number of rotatable bonds is 8. The first-order valence-corrected chi connectivity index (χ1v) is 7.17. The molecule has 1 atom stereocenters. The van der Waals surface area contributed by atoms with Crippen molar-refractivity contribution in [1.29, 1.82) is 0 Å². The van der Waals surface area contributed by atoms with Crippen LogP contribution in [0.4, 0.5) is 4.39 Å². The number of hydrogen-bond donors (Lipinski definition) is 1. The van der Waals surface area contributed by atoms with Crippen LogP contribution >= 0.6 is 0 Å². The van der Waals surface area contributed by atoms with E-state index in [1.54, 1.807) is 6.07 Å². The van der Waals surface area contributed by atoms with Crippen LogP contribution in [0, 0.1) is 19.7 Å². The van der Waals surface area contributed by atoms with Gasteiger partial charge in [-0.25, -0.2) is 4.39 Å². The molecule has 0 amide bonds. The molecule has 0 aliphatic rings. The fourth-order valence-corrected chi connectivity index (χ4v) is 2.38. The topological polar surface area (TPSA) is 21.3 Å². The summed E-state index contributed by atoms with van der Waals surface area (Å²) in [5.41, 5.74) is 2.78. The monoisotopic (exact) mass is 267 g/mol. The zero-order valence-electron chi connectivity index (χ0n) is 12.6. The van der Waals surface area contributed by atoms with Gasteiger partial charge in [0.25, 0.3) is 0 Å². The number of ether oxygens (including phenoxy) is 1. The van der Waals surface area contributed by atoms with E-state index in [9.17, 15) is 4.39 Å². The minimum atomic E-state index is -0.109. The van der Waals surface area contributed by atoms with Gasteiger partial charge in [-0.15, -0.1) is 0 Å². The first-order chi connectivity index (χ1) is 9.10. The highest BCUT2D eigenvalue weighted by atomic mass is 19.1. The molecule has 0 heterocycles. The summed E-state index contributed by atoms with van der Waals surface area (Å²) in [6.45, 7) is 10.3. The Hall–Kier alpha value is -0.930. The van der Waals surface area contributed by atoms with E-state index in [0.717, 1.165) is 36.1 Å². The van der Waals surface area contributed by atoms with E-state index in [4.69, 9.17) is 4.74 Å². The average molecular weight is 267 g/mol. The van der Waals surface area contributed by atoms with E-state index in [1.807, 2.05) is 26.8 Å². The summed E-state index contributed by atoms with van der Waals surface area (Å²) in [4.78, 5) is 0. The van der Waals surface area contributed by atoms with Gasteiger partial charge < -0.3 is 10.1 Å². The van der Waals surface area contributed by atoms with Crippen molar-refractivity contribution in [2.75, 3.05) is 19.8 Å². The quantitative estimate of drug-likeness (QED) is 0.721. The fraction of sp³-hybridized carbons (Fsp3) is 0.625. The lowest BCUT2D eigenvalue weighted by Crippen LogP contribution is -2.25. The predicted molar refractivity (Wildman–Crippen MR) is 78.0 cm³/mol. The van der Waals surface area contributed by atoms with Crippen molar-refractivity contribution < 1.29 is 9.13 Å². The lowest BCUT2D eigenvalue weighted by molar-refractivity contribution is 0.136.